The van der Waals surface area contributed by atoms with E-state index >= 15 is 0 Å². The number of nitrogens with zero attached hydrogens (tertiary/aromatic N) is 1. The Hall–Kier alpha value is 0.230. The first-order valence-electron chi connectivity index (χ1n) is 5.33. The average Bonchev–Trinajstić information content (AvgIpc) is 2.54. The highest BCUT2D eigenvalue weighted by molar-refractivity contribution is 7.80. The van der Waals surface area contributed by atoms with Gasteiger partial charge in [-0.1, -0.05) is 6.92 Å². The summed E-state index contributed by atoms with van der Waals surface area (Å²) in [5.74, 6) is 1.39. The predicted octanol–water partition coefficient (Wildman–Crippen LogP) is 0.636. The number of ether oxygens (including phenoxy) is 1. The first-order valence-corrected chi connectivity index (χ1v) is 5.96. The van der Waals surface area contributed by atoms with Crippen LogP contribution in [0.3, 0.4) is 0 Å². The zero-order valence-corrected chi connectivity index (χ0v) is 9.75. The molecule has 0 saturated carbocycles. The molecule has 1 N–H and O–H groups in total. The summed E-state index contributed by atoms with van der Waals surface area (Å²) in [7, 11) is 0. The molecule has 0 amide bonds. The van der Waals surface area contributed by atoms with Crippen LogP contribution in [0.1, 0.15) is 13.3 Å². The molecule has 2 unspecified atom stereocenters. The van der Waals surface area contributed by atoms with Gasteiger partial charge in [0.15, 0.2) is 0 Å². The fourth-order valence-corrected chi connectivity index (χ4v) is 2.14. The molecule has 3 nitrogen and oxygen atoms in total. The van der Waals surface area contributed by atoms with Gasteiger partial charge in [-0.2, -0.15) is 12.6 Å². The van der Waals surface area contributed by atoms with Crippen LogP contribution in [0.15, 0.2) is 0 Å². The van der Waals surface area contributed by atoms with Crippen LogP contribution in [0.25, 0.3) is 0 Å². The number of rotatable bonds is 6. The Morgan fingerprint density at radius 1 is 1.50 bits per heavy atom. The van der Waals surface area contributed by atoms with Crippen LogP contribution in [0, 0.1) is 5.92 Å². The Balaban J connectivity index is 2.17. The highest BCUT2D eigenvalue weighted by Crippen LogP contribution is 2.22. The quantitative estimate of drug-likeness (QED) is 0.508. The van der Waals surface area contributed by atoms with Gasteiger partial charge in [-0.05, 0) is 18.9 Å². The second-order valence-corrected chi connectivity index (χ2v) is 4.34. The van der Waals surface area contributed by atoms with Crippen LogP contribution in [-0.2, 0) is 4.74 Å². The summed E-state index contributed by atoms with van der Waals surface area (Å²) in [6, 6.07) is 0.342. The summed E-state index contributed by atoms with van der Waals surface area (Å²) in [4.78, 5) is 2.32. The molecule has 2 atom stereocenters. The van der Waals surface area contributed by atoms with E-state index in [1.54, 1.807) is 0 Å². The van der Waals surface area contributed by atoms with Gasteiger partial charge in [-0.3, -0.25) is 4.90 Å². The van der Waals surface area contributed by atoms with Gasteiger partial charge in [0.2, 0.25) is 0 Å². The maximum absolute atomic E-state index is 9.21. The molecule has 0 bridgehead atoms. The van der Waals surface area contributed by atoms with Crippen LogP contribution in [0.5, 0.6) is 0 Å². The first kappa shape index (κ1) is 12.3. The van der Waals surface area contributed by atoms with Gasteiger partial charge in [0.1, 0.15) is 0 Å². The second kappa shape index (κ2) is 6.67. The van der Waals surface area contributed by atoms with Crippen LogP contribution in [0.2, 0.25) is 0 Å². The molecule has 84 valence electrons. The van der Waals surface area contributed by atoms with Crippen molar-refractivity contribution in [2.75, 3.05) is 38.7 Å². The molecule has 0 aromatic rings. The molecule has 0 radical (unpaired) electrons. The molecular weight excluding hydrogens is 198 g/mol. The Bertz CT molecular complexity index is 157. The lowest BCUT2D eigenvalue weighted by Gasteiger charge is -2.24. The molecule has 1 aliphatic heterocycles. The van der Waals surface area contributed by atoms with E-state index in [0.29, 0.717) is 12.0 Å². The molecule has 1 aliphatic rings. The third kappa shape index (κ3) is 3.42. The topological polar surface area (TPSA) is 32.7 Å². The Morgan fingerprint density at radius 3 is 2.93 bits per heavy atom. The number of aliphatic hydroxyl groups excluding tert-OH is 1. The SMILES string of the molecule is CC1CCN(CCOCCS)C1CO. The summed E-state index contributed by atoms with van der Waals surface area (Å²) in [6.07, 6.45) is 1.19. The molecule has 0 aromatic heterocycles. The first-order chi connectivity index (χ1) is 6.79. The van der Waals surface area contributed by atoms with E-state index in [4.69, 9.17) is 4.74 Å². The van der Waals surface area contributed by atoms with Crippen molar-refractivity contribution >= 4 is 12.6 Å². The lowest BCUT2D eigenvalue weighted by atomic mass is 10.0. The standard InChI is InChI=1S/C10H21NO2S/c1-9-2-3-11(10(9)8-12)4-5-13-6-7-14/h9-10,12,14H,2-8H2,1H3. The normalized spacial score (nSPS) is 28.5. The molecule has 1 fully saturated rings. The molecular formula is C10H21NO2S. The Labute approximate surface area is 91.8 Å². The smallest absolute Gasteiger partial charge is 0.0593 e. The van der Waals surface area contributed by atoms with E-state index in [1.807, 2.05) is 0 Å². The maximum Gasteiger partial charge on any atom is 0.0593 e. The summed E-state index contributed by atoms with van der Waals surface area (Å²) in [5.41, 5.74) is 0. The molecule has 0 aliphatic carbocycles. The Kier molecular flexibility index (Phi) is 5.86. The fourth-order valence-electron chi connectivity index (χ4n) is 2.01. The van der Waals surface area contributed by atoms with Crippen LogP contribution in [-0.4, -0.2) is 54.7 Å². The average molecular weight is 219 g/mol. The number of aliphatic hydroxyl groups is 1. The van der Waals surface area contributed by atoms with Gasteiger partial charge in [0, 0.05) is 18.3 Å². The fraction of sp³-hybridized carbons (Fsp3) is 1.00. The predicted molar refractivity (Wildman–Crippen MR) is 60.9 cm³/mol. The number of likely N-dealkylation sites (tertiary alicyclic amines) is 1. The Morgan fingerprint density at radius 2 is 2.29 bits per heavy atom. The highest BCUT2D eigenvalue weighted by atomic mass is 32.1. The molecule has 0 spiro atoms. The van der Waals surface area contributed by atoms with Crippen molar-refractivity contribution in [2.45, 2.75) is 19.4 Å². The molecule has 1 heterocycles. The highest BCUT2D eigenvalue weighted by Gasteiger charge is 2.29. The van der Waals surface area contributed by atoms with Gasteiger partial charge in [0.25, 0.3) is 0 Å². The van der Waals surface area contributed by atoms with Crippen molar-refractivity contribution in [3.05, 3.63) is 0 Å². The van der Waals surface area contributed by atoms with Crippen molar-refractivity contribution in [2.24, 2.45) is 5.92 Å². The van der Waals surface area contributed by atoms with E-state index in [1.165, 1.54) is 6.42 Å². The van der Waals surface area contributed by atoms with Crippen molar-refractivity contribution < 1.29 is 9.84 Å². The minimum absolute atomic E-state index is 0.272. The summed E-state index contributed by atoms with van der Waals surface area (Å²) >= 11 is 4.08. The zero-order valence-electron chi connectivity index (χ0n) is 8.85. The van der Waals surface area contributed by atoms with Gasteiger partial charge in [-0.25, -0.2) is 0 Å². The molecule has 0 aromatic carbocycles. The van der Waals surface area contributed by atoms with Gasteiger partial charge in [-0.15, -0.1) is 0 Å². The molecule has 4 heteroatoms. The molecule has 1 rings (SSSR count). The zero-order chi connectivity index (χ0) is 10.4. The van der Waals surface area contributed by atoms with E-state index in [-0.39, 0.29) is 6.61 Å². The number of hydrogen-bond acceptors (Lipinski definition) is 4. The minimum atomic E-state index is 0.272. The van der Waals surface area contributed by atoms with Gasteiger partial charge >= 0.3 is 0 Å². The molecule has 1 saturated heterocycles. The lowest BCUT2D eigenvalue weighted by Crippen LogP contribution is -2.37. The summed E-state index contributed by atoms with van der Waals surface area (Å²) < 4.78 is 5.37. The van der Waals surface area contributed by atoms with E-state index in [9.17, 15) is 5.11 Å². The van der Waals surface area contributed by atoms with E-state index < -0.39 is 0 Å². The summed E-state index contributed by atoms with van der Waals surface area (Å²) in [6.45, 7) is 5.98. The summed E-state index contributed by atoms with van der Waals surface area (Å²) in [5, 5.41) is 9.21. The maximum atomic E-state index is 9.21. The second-order valence-electron chi connectivity index (χ2n) is 3.89. The molecule has 14 heavy (non-hydrogen) atoms. The van der Waals surface area contributed by atoms with Crippen molar-refractivity contribution in [3.63, 3.8) is 0 Å². The van der Waals surface area contributed by atoms with Crippen molar-refractivity contribution in [3.8, 4) is 0 Å². The third-order valence-corrected chi connectivity index (χ3v) is 3.13. The monoisotopic (exact) mass is 219 g/mol. The van der Waals surface area contributed by atoms with Crippen molar-refractivity contribution in [1.29, 1.82) is 0 Å². The largest absolute Gasteiger partial charge is 0.395 e. The third-order valence-electron chi connectivity index (χ3n) is 2.94. The number of hydrogen-bond donors (Lipinski definition) is 2. The minimum Gasteiger partial charge on any atom is -0.395 e. The van der Waals surface area contributed by atoms with Gasteiger partial charge in [0.05, 0.1) is 19.8 Å². The van der Waals surface area contributed by atoms with Crippen LogP contribution in [0.4, 0.5) is 0 Å². The van der Waals surface area contributed by atoms with Crippen molar-refractivity contribution in [1.82, 2.24) is 4.90 Å². The van der Waals surface area contributed by atoms with Gasteiger partial charge < -0.3 is 9.84 Å². The lowest BCUT2D eigenvalue weighted by molar-refractivity contribution is 0.0854. The van der Waals surface area contributed by atoms with E-state index in [0.717, 1.165) is 32.1 Å². The van der Waals surface area contributed by atoms with Crippen LogP contribution < -0.4 is 0 Å². The van der Waals surface area contributed by atoms with E-state index in [2.05, 4.69) is 24.5 Å². The van der Waals surface area contributed by atoms with Crippen LogP contribution >= 0.6 is 12.6 Å². The number of thiol groups is 1.